The van der Waals surface area contributed by atoms with Crippen LogP contribution in [-0.2, 0) is 16.0 Å². The van der Waals surface area contributed by atoms with Gasteiger partial charge in [-0.05, 0) is 49.7 Å². The van der Waals surface area contributed by atoms with E-state index in [9.17, 15) is 14.7 Å². The molecule has 3 rings (SSSR count). The van der Waals surface area contributed by atoms with Gasteiger partial charge in [0.15, 0.2) is 0 Å². The van der Waals surface area contributed by atoms with Gasteiger partial charge in [-0.1, -0.05) is 35.3 Å². The quantitative estimate of drug-likeness (QED) is 0.498. The van der Waals surface area contributed by atoms with Crippen molar-refractivity contribution in [2.45, 2.75) is 32.4 Å². The van der Waals surface area contributed by atoms with Gasteiger partial charge < -0.3 is 20.1 Å². The predicted octanol–water partition coefficient (Wildman–Crippen LogP) is 4.47. The zero-order valence-corrected chi connectivity index (χ0v) is 17.3. The molecule has 29 heavy (non-hydrogen) atoms. The fraction of sp³-hybridized carbons (Fsp3) is 0.238. The first-order chi connectivity index (χ1) is 13.7. The number of hydrogen-bond acceptors (Lipinski definition) is 4. The molecule has 0 bridgehead atoms. The standard InChI is InChI=1S/C21H20Cl2N2O4/c1-11(2)29-21(28)19(7-12-3-5-14(26)6-4-12)25-20(27)18-10-15-16(23)8-13(22)9-17(15)24-18/h3-6,8-11,19,24,26H,7H2,1-2H3,(H,25,27)/t19-/m0/s1. The highest BCUT2D eigenvalue weighted by Gasteiger charge is 2.25. The van der Waals surface area contributed by atoms with Crippen molar-refractivity contribution in [2.75, 3.05) is 0 Å². The molecule has 1 aromatic heterocycles. The SMILES string of the molecule is CC(C)OC(=O)[C@H](Cc1ccc(O)cc1)NC(=O)c1cc2c(Cl)cc(Cl)cc2[nH]1. The topological polar surface area (TPSA) is 91.4 Å². The third-order valence-electron chi connectivity index (χ3n) is 4.21. The minimum Gasteiger partial charge on any atom is -0.508 e. The van der Waals surface area contributed by atoms with E-state index in [1.165, 1.54) is 12.1 Å². The number of nitrogens with one attached hydrogen (secondary N) is 2. The molecule has 0 fully saturated rings. The average molecular weight is 435 g/mol. The maximum absolute atomic E-state index is 12.8. The Kier molecular flexibility index (Phi) is 6.35. The van der Waals surface area contributed by atoms with E-state index in [0.29, 0.717) is 20.9 Å². The van der Waals surface area contributed by atoms with Crippen molar-refractivity contribution in [3.8, 4) is 5.75 Å². The molecule has 0 aliphatic heterocycles. The molecule has 8 heteroatoms. The third kappa shape index (κ3) is 5.22. The van der Waals surface area contributed by atoms with Crippen LogP contribution in [0, 0.1) is 0 Å². The lowest BCUT2D eigenvalue weighted by Gasteiger charge is -2.19. The summed E-state index contributed by atoms with van der Waals surface area (Å²) in [4.78, 5) is 28.3. The number of H-pyrrole nitrogens is 1. The molecule has 0 saturated heterocycles. The predicted molar refractivity (Wildman–Crippen MR) is 113 cm³/mol. The summed E-state index contributed by atoms with van der Waals surface area (Å²) in [6.45, 7) is 3.47. The fourth-order valence-electron chi connectivity index (χ4n) is 2.89. The Bertz CT molecular complexity index is 1040. The number of aromatic amines is 1. The normalized spacial score (nSPS) is 12.2. The van der Waals surface area contributed by atoms with Gasteiger partial charge in [0, 0.05) is 22.3 Å². The van der Waals surface area contributed by atoms with Gasteiger partial charge in [0.25, 0.3) is 5.91 Å². The molecule has 1 amide bonds. The van der Waals surface area contributed by atoms with E-state index in [0.717, 1.165) is 5.56 Å². The van der Waals surface area contributed by atoms with Gasteiger partial charge in [-0.3, -0.25) is 4.79 Å². The Hall–Kier alpha value is -2.70. The summed E-state index contributed by atoms with van der Waals surface area (Å²) >= 11 is 12.2. The van der Waals surface area contributed by atoms with Crippen LogP contribution in [0.2, 0.25) is 10.0 Å². The van der Waals surface area contributed by atoms with Crippen LogP contribution in [0.4, 0.5) is 0 Å². The number of esters is 1. The first-order valence-corrected chi connectivity index (χ1v) is 9.75. The molecular formula is C21H20Cl2N2O4. The molecule has 0 saturated carbocycles. The van der Waals surface area contributed by atoms with Crippen molar-refractivity contribution < 1.29 is 19.4 Å². The molecule has 0 spiro atoms. The number of phenols is 1. The lowest BCUT2D eigenvalue weighted by molar-refractivity contribution is -0.149. The van der Waals surface area contributed by atoms with E-state index in [-0.39, 0.29) is 24.0 Å². The monoisotopic (exact) mass is 434 g/mol. The van der Waals surface area contributed by atoms with Gasteiger partial charge in [-0.2, -0.15) is 0 Å². The van der Waals surface area contributed by atoms with Gasteiger partial charge >= 0.3 is 5.97 Å². The van der Waals surface area contributed by atoms with Gasteiger partial charge in [-0.15, -0.1) is 0 Å². The number of fused-ring (bicyclic) bond motifs is 1. The third-order valence-corrected chi connectivity index (χ3v) is 4.75. The summed E-state index contributed by atoms with van der Waals surface area (Å²) in [6, 6.07) is 10.4. The first kappa shape index (κ1) is 21.0. The van der Waals surface area contributed by atoms with Crippen molar-refractivity contribution >= 4 is 46.0 Å². The smallest absolute Gasteiger partial charge is 0.329 e. The average Bonchev–Trinajstić information content (AvgIpc) is 3.07. The Morgan fingerprint density at radius 1 is 1.14 bits per heavy atom. The second kappa shape index (κ2) is 8.76. The van der Waals surface area contributed by atoms with Crippen molar-refractivity contribution in [3.63, 3.8) is 0 Å². The summed E-state index contributed by atoms with van der Waals surface area (Å²) in [6.07, 6.45) is -0.111. The van der Waals surface area contributed by atoms with E-state index in [2.05, 4.69) is 10.3 Å². The maximum Gasteiger partial charge on any atom is 0.329 e. The highest BCUT2D eigenvalue weighted by Crippen LogP contribution is 2.28. The minimum absolute atomic E-state index is 0.118. The number of aromatic hydroxyl groups is 1. The maximum atomic E-state index is 12.8. The van der Waals surface area contributed by atoms with Crippen LogP contribution in [0.3, 0.4) is 0 Å². The minimum atomic E-state index is -0.903. The van der Waals surface area contributed by atoms with Gasteiger partial charge in [0.2, 0.25) is 0 Å². The van der Waals surface area contributed by atoms with Crippen molar-refractivity contribution in [1.29, 1.82) is 0 Å². The molecule has 1 atom stereocenters. The molecule has 0 unspecified atom stereocenters. The number of carbonyl (C=O) groups excluding carboxylic acids is 2. The number of amides is 1. The van der Waals surface area contributed by atoms with E-state index < -0.39 is 17.9 Å². The highest BCUT2D eigenvalue weighted by atomic mass is 35.5. The fourth-order valence-corrected chi connectivity index (χ4v) is 3.44. The number of phenolic OH excluding ortho intramolecular Hbond substituents is 1. The number of carbonyl (C=O) groups is 2. The molecule has 152 valence electrons. The molecular weight excluding hydrogens is 415 g/mol. The highest BCUT2D eigenvalue weighted by molar-refractivity contribution is 6.38. The zero-order chi connectivity index (χ0) is 21.1. The lowest BCUT2D eigenvalue weighted by Crippen LogP contribution is -2.44. The second-order valence-corrected chi connectivity index (χ2v) is 7.76. The van der Waals surface area contributed by atoms with Crippen LogP contribution in [0.25, 0.3) is 10.9 Å². The van der Waals surface area contributed by atoms with Crippen molar-refractivity contribution in [3.05, 3.63) is 63.8 Å². The largest absolute Gasteiger partial charge is 0.508 e. The number of rotatable bonds is 6. The molecule has 2 aromatic carbocycles. The van der Waals surface area contributed by atoms with E-state index in [4.69, 9.17) is 27.9 Å². The summed E-state index contributed by atoms with van der Waals surface area (Å²) in [5, 5.41) is 13.7. The Labute approximate surface area is 177 Å². The Balaban J connectivity index is 1.84. The number of hydrogen-bond donors (Lipinski definition) is 3. The van der Waals surface area contributed by atoms with E-state index in [1.807, 2.05) is 0 Å². The number of halogens is 2. The number of ether oxygens (including phenoxy) is 1. The summed E-state index contributed by atoms with van der Waals surface area (Å²) < 4.78 is 5.29. The van der Waals surface area contributed by atoms with Crippen LogP contribution in [-0.4, -0.2) is 34.1 Å². The van der Waals surface area contributed by atoms with E-state index >= 15 is 0 Å². The van der Waals surface area contributed by atoms with Crippen LogP contribution < -0.4 is 5.32 Å². The summed E-state index contributed by atoms with van der Waals surface area (Å²) in [7, 11) is 0. The lowest BCUT2D eigenvalue weighted by atomic mass is 10.1. The molecule has 1 heterocycles. The summed E-state index contributed by atoms with van der Waals surface area (Å²) in [5.74, 6) is -0.899. The molecule has 0 radical (unpaired) electrons. The van der Waals surface area contributed by atoms with Crippen LogP contribution in [0.5, 0.6) is 5.75 Å². The van der Waals surface area contributed by atoms with Crippen molar-refractivity contribution in [2.24, 2.45) is 0 Å². The van der Waals surface area contributed by atoms with Gasteiger partial charge in [-0.25, -0.2) is 4.79 Å². The molecule has 0 aliphatic carbocycles. The molecule has 6 nitrogen and oxygen atoms in total. The van der Waals surface area contributed by atoms with Crippen LogP contribution >= 0.6 is 23.2 Å². The molecule has 0 aliphatic rings. The number of aromatic nitrogens is 1. The summed E-state index contributed by atoms with van der Waals surface area (Å²) in [5.41, 5.74) is 1.63. The van der Waals surface area contributed by atoms with Gasteiger partial charge in [0.1, 0.15) is 17.5 Å². The zero-order valence-electron chi connectivity index (χ0n) is 15.8. The van der Waals surface area contributed by atoms with Crippen molar-refractivity contribution in [1.82, 2.24) is 10.3 Å². The van der Waals surface area contributed by atoms with Crippen LogP contribution in [0.1, 0.15) is 29.9 Å². The second-order valence-electron chi connectivity index (χ2n) is 6.91. The Morgan fingerprint density at radius 2 is 1.83 bits per heavy atom. The van der Waals surface area contributed by atoms with Gasteiger partial charge in [0.05, 0.1) is 11.1 Å². The number of benzene rings is 2. The first-order valence-electron chi connectivity index (χ1n) is 9.00. The molecule has 3 aromatic rings. The Morgan fingerprint density at radius 3 is 2.48 bits per heavy atom. The van der Waals surface area contributed by atoms with E-state index in [1.54, 1.807) is 44.2 Å². The molecule has 3 N–H and O–H groups in total. The van der Waals surface area contributed by atoms with Crippen LogP contribution in [0.15, 0.2) is 42.5 Å².